The van der Waals surface area contributed by atoms with E-state index in [9.17, 15) is 14.4 Å². The molecule has 1 unspecified atom stereocenters. The molecule has 2 aromatic heterocycles. The zero-order valence-corrected chi connectivity index (χ0v) is 19.6. The molecule has 0 bridgehead atoms. The number of carbonyl (C=O) groups is 1. The third-order valence-corrected chi connectivity index (χ3v) is 5.73. The number of fused-ring (bicyclic) bond motifs is 1. The quantitative estimate of drug-likeness (QED) is 0.502. The van der Waals surface area contributed by atoms with Gasteiger partial charge in [0.05, 0.1) is 12.4 Å². The van der Waals surface area contributed by atoms with Crippen molar-refractivity contribution in [3.63, 3.8) is 0 Å². The molecule has 1 N–H and O–H groups in total. The molecule has 1 aromatic carbocycles. The first-order chi connectivity index (χ1) is 15.4. The van der Waals surface area contributed by atoms with Gasteiger partial charge in [-0.15, -0.1) is 0 Å². The summed E-state index contributed by atoms with van der Waals surface area (Å²) in [5, 5.41) is 3.43. The highest BCUT2D eigenvalue weighted by Crippen LogP contribution is 2.17. The van der Waals surface area contributed by atoms with Crippen LogP contribution < -0.4 is 16.6 Å². The number of halogens is 1. The van der Waals surface area contributed by atoms with Crippen LogP contribution in [-0.2, 0) is 24.4 Å². The van der Waals surface area contributed by atoms with Crippen LogP contribution in [0.25, 0.3) is 11.2 Å². The summed E-state index contributed by atoms with van der Waals surface area (Å²) in [6, 6.07) is 6.88. The number of hydrogen-bond acceptors (Lipinski definition) is 4. The van der Waals surface area contributed by atoms with Gasteiger partial charge in [-0.25, -0.2) is 14.3 Å². The van der Waals surface area contributed by atoms with Crippen molar-refractivity contribution >= 4 is 28.7 Å². The number of aromatic nitrogens is 4. The molecular weight excluding hydrogens is 430 g/mol. The van der Waals surface area contributed by atoms with E-state index in [0.717, 1.165) is 35.8 Å². The van der Waals surface area contributed by atoms with Crippen LogP contribution in [0, 0.1) is 0 Å². The Morgan fingerprint density at radius 2 is 1.84 bits per heavy atom. The van der Waals surface area contributed by atoms with Crippen molar-refractivity contribution in [3.8, 4) is 0 Å². The minimum atomic E-state index is -0.512. The molecule has 0 radical (unpaired) electrons. The molecule has 0 fully saturated rings. The monoisotopic (exact) mass is 459 g/mol. The van der Waals surface area contributed by atoms with Gasteiger partial charge in [-0.2, -0.15) is 0 Å². The molecule has 0 saturated carbocycles. The number of rotatable bonds is 10. The fraction of sp³-hybridized carbons (Fsp3) is 0.478. The predicted molar refractivity (Wildman–Crippen MR) is 126 cm³/mol. The van der Waals surface area contributed by atoms with Gasteiger partial charge in [-0.1, -0.05) is 50.4 Å². The highest BCUT2D eigenvalue weighted by atomic mass is 35.5. The molecule has 0 aliphatic carbocycles. The molecule has 32 heavy (non-hydrogen) atoms. The van der Waals surface area contributed by atoms with Gasteiger partial charge in [0.15, 0.2) is 11.2 Å². The first-order valence-corrected chi connectivity index (χ1v) is 11.5. The third-order valence-electron chi connectivity index (χ3n) is 5.50. The lowest BCUT2D eigenvalue weighted by Crippen LogP contribution is -2.44. The van der Waals surface area contributed by atoms with E-state index in [1.54, 1.807) is 23.0 Å². The number of aryl methyl sites for hydroxylation is 2. The molecule has 172 valence electrons. The lowest BCUT2D eigenvalue weighted by Gasteiger charge is -2.16. The SMILES string of the molecule is CCCCn1cnc2c1c(=O)n(CC(=O)NC(C)c1cccc(Cl)c1)c(=O)n2CCCC. The van der Waals surface area contributed by atoms with Crippen LogP contribution in [0.4, 0.5) is 0 Å². The summed E-state index contributed by atoms with van der Waals surface area (Å²) in [5.41, 5.74) is 0.587. The van der Waals surface area contributed by atoms with Crippen molar-refractivity contribution in [3.05, 3.63) is 62.0 Å². The summed E-state index contributed by atoms with van der Waals surface area (Å²) in [5.74, 6) is -0.419. The Bertz CT molecular complexity index is 1210. The Morgan fingerprint density at radius 3 is 2.53 bits per heavy atom. The van der Waals surface area contributed by atoms with Gasteiger partial charge in [0.25, 0.3) is 5.56 Å². The van der Waals surface area contributed by atoms with Gasteiger partial charge in [-0.3, -0.25) is 14.2 Å². The summed E-state index contributed by atoms with van der Waals surface area (Å²) in [4.78, 5) is 43.5. The predicted octanol–water partition coefficient (Wildman–Crippen LogP) is 3.49. The van der Waals surface area contributed by atoms with Gasteiger partial charge in [0, 0.05) is 18.1 Å². The molecule has 0 aliphatic rings. The molecule has 1 amide bonds. The van der Waals surface area contributed by atoms with Gasteiger partial charge in [-0.05, 0) is 37.5 Å². The van der Waals surface area contributed by atoms with Gasteiger partial charge >= 0.3 is 5.69 Å². The number of amides is 1. The maximum absolute atomic E-state index is 13.2. The second-order valence-electron chi connectivity index (χ2n) is 7.99. The Labute approximate surface area is 191 Å². The van der Waals surface area contributed by atoms with E-state index >= 15 is 0 Å². The molecule has 2 heterocycles. The maximum atomic E-state index is 13.2. The number of nitrogens with one attached hydrogen (secondary N) is 1. The summed E-state index contributed by atoms with van der Waals surface area (Å²) in [7, 11) is 0. The second kappa shape index (κ2) is 10.6. The maximum Gasteiger partial charge on any atom is 0.333 e. The van der Waals surface area contributed by atoms with E-state index in [1.807, 2.05) is 26.0 Å². The fourth-order valence-electron chi connectivity index (χ4n) is 3.68. The molecule has 9 heteroatoms. The van der Waals surface area contributed by atoms with Crippen molar-refractivity contribution < 1.29 is 4.79 Å². The zero-order valence-electron chi connectivity index (χ0n) is 18.8. The van der Waals surface area contributed by atoms with Gasteiger partial charge in [0.1, 0.15) is 6.54 Å². The largest absolute Gasteiger partial charge is 0.348 e. The van der Waals surface area contributed by atoms with Crippen LogP contribution >= 0.6 is 11.6 Å². The average molecular weight is 460 g/mol. The van der Waals surface area contributed by atoms with Crippen LogP contribution in [0.15, 0.2) is 40.2 Å². The van der Waals surface area contributed by atoms with E-state index in [1.165, 1.54) is 4.57 Å². The Morgan fingerprint density at radius 1 is 1.12 bits per heavy atom. The highest BCUT2D eigenvalue weighted by molar-refractivity contribution is 6.30. The summed E-state index contributed by atoms with van der Waals surface area (Å²) >= 11 is 6.04. The van der Waals surface area contributed by atoms with Crippen molar-refractivity contribution in [2.24, 2.45) is 0 Å². The Kier molecular flexibility index (Phi) is 7.90. The minimum Gasteiger partial charge on any atom is -0.348 e. The van der Waals surface area contributed by atoms with Gasteiger partial charge in [0.2, 0.25) is 5.91 Å². The molecule has 0 saturated heterocycles. The first-order valence-electron chi connectivity index (χ1n) is 11.1. The van der Waals surface area contributed by atoms with Crippen LogP contribution in [0.1, 0.15) is 58.1 Å². The van der Waals surface area contributed by atoms with E-state index in [0.29, 0.717) is 29.3 Å². The zero-order chi connectivity index (χ0) is 23.3. The number of benzene rings is 1. The molecule has 1 atom stereocenters. The van der Waals surface area contributed by atoms with E-state index in [4.69, 9.17) is 11.6 Å². The van der Waals surface area contributed by atoms with Crippen LogP contribution in [-0.4, -0.2) is 24.6 Å². The van der Waals surface area contributed by atoms with E-state index < -0.39 is 17.2 Å². The molecule has 0 spiro atoms. The number of imidazole rings is 1. The smallest absolute Gasteiger partial charge is 0.333 e. The van der Waals surface area contributed by atoms with Crippen molar-refractivity contribution in [2.75, 3.05) is 0 Å². The van der Waals surface area contributed by atoms with E-state index in [-0.39, 0.29) is 12.6 Å². The standard InChI is InChI=1S/C23H30ClN5O3/c1-4-6-11-27-15-25-21-20(27)22(31)29(23(32)28(21)12-7-5-2)14-19(30)26-16(3)17-9-8-10-18(24)13-17/h8-10,13,15-16H,4-7,11-12,14H2,1-3H3,(H,26,30). The molecule has 8 nitrogen and oxygen atoms in total. The van der Waals surface area contributed by atoms with Crippen LogP contribution in [0.5, 0.6) is 0 Å². The minimum absolute atomic E-state index is 0.321. The molecule has 3 aromatic rings. The topological polar surface area (TPSA) is 90.9 Å². The Hall–Kier alpha value is -2.87. The molecular formula is C23H30ClN5O3. The fourth-order valence-corrected chi connectivity index (χ4v) is 3.88. The average Bonchev–Trinajstić information content (AvgIpc) is 3.19. The lowest BCUT2D eigenvalue weighted by atomic mass is 10.1. The number of nitrogens with zero attached hydrogens (tertiary/aromatic N) is 4. The number of hydrogen-bond donors (Lipinski definition) is 1. The van der Waals surface area contributed by atoms with Crippen molar-refractivity contribution in [2.45, 2.75) is 72.1 Å². The molecule has 0 aliphatic heterocycles. The van der Waals surface area contributed by atoms with Crippen LogP contribution in [0.2, 0.25) is 5.02 Å². The van der Waals surface area contributed by atoms with Crippen LogP contribution in [0.3, 0.4) is 0 Å². The van der Waals surface area contributed by atoms with E-state index in [2.05, 4.69) is 17.2 Å². The third kappa shape index (κ3) is 5.12. The summed E-state index contributed by atoms with van der Waals surface area (Å²) < 4.78 is 4.31. The lowest BCUT2D eigenvalue weighted by molar-refractivity contribution is -0.122. The summed E-state index contributed by atoms with van der Waals surface area (Å²) in [6.07, 6.45) is 5.12. The van der Waals surface area contributed by atoms with Gasteiger partial charge < -0.3 is 9.88 Å². The second-order valence-corrected chi connectivity index (χ2v) is 8.42. The Balaban J connectivity index is 1.96. The highest BCUT2D eigenvalue weighted by Gasteiger charge is 2.20. The number of unbranched alkanes of at least 4 members (excludes halogenated alkanes) is 2. The van der Waals surface area contributed by atoms with Crippen molar-refractivity contribution in [1.29, 1.82) is 0 Å². The normalized spacial score (nSPS) is 12.2. The number of carbonyl (C=O) groups excluding carboxylic acids is 1. The molecule has 3 rings (SSSR count). The first kappa shape index (κ1) is 23.8. The summed E-state index contributed by atoms with van der Waals surface area (Å²) in [6.45, 7) is 6.64. The van der Waals surface area contributed by atoms with Crippen molar-refractivity contribution in [1.82, 2.24) is 24.0 Å².